The van der Waals surface area contributed by atoms with Crippen molar-refractivity contribution in [3.05, 3.63) is 32.9 Å². The molecule has 0 heterocycles. The Kier molecular flexibility index (Phi) is 7.70. The second-order valence-corrected chi connectivity index (χ2v) is 4.47. The van der Waals surface area contributed by atoms with Gasteiger partial charge in [-0.25, -0.2) is 0 Å². The van der Waals surface area contributed by atoms with Crippen LogP contribution in [-0.2, 0) is 0 Å². The minimum atomic E-state index is -0.0144. The molecule has 1 amide bonds. The number of hydrogen-bond acceptors (Lipinski definition) is 2. The van der Waals surface area contributed by atoms with Gasteiger partial charge in [-0.1, -0.05) is 6.07 Å². The van der Waals surface area contributed by atoms with Crippen molar-refractivity contribution in [2.24, 2.45) is 5.73 Å². The number of hydrogen-bond donors (Lipinski definition) is 2. The van der Waals surface area contributed by atoms with E-state index in [-0.39, 0.29) is 18.3 Å². The van der Waals surface area contributed by atoms with Crippen LogP contribution in [-0.4, -0.2) is 19.0 Å². The molecule has 90 valence electrons. The lowest BCUT2D eigenvalue weighted by molar-refractivity contribution is 0.0953. The van der Waals surface area contributed by atoms with Crippen LogP contribution < -0.4 is 11.1 Å². The van der Waals surface area contributed by atoms with Crippen molar-refractivity contribution in [3.8, 4) is 0 Å². The molecule has 16 heavy (non-hydrogen) atoms. The summed E-state index contributed by atoms with van der Waals surface area (Å²) in [6.07, 6.45) is 0.814. The maximum atomic E-state index is 11.7. The lowest BCUT2D eigenvalue weighted by Gasteiger charge is -2.08. The van der Waals surface area contributed by atoms with E-state index in [9.17, 15) is 4.79 Å². The molecule has 0 aliphatic carbocycles. The molecule has 3 nitrogen and oxygen atoms in total. The van der Waals surface area contributed by atoms with Crippen molar-refractivity contribution in [2.75, 3.05) is 13.1 Å². The first-order chi connectivity index (χ1) is 7.16. The van der Waals surface area contributed by atoms with E-state index in [4.69, 9.17) is 5.73 Å². The Bertz CT molecular complexity index is 358. The van der Waals surface area contributed by atoms with E-state index in [0.29, 0.717) is 13.1 Å². The summed E-state index contributed by atoms with van der Waals surface area (Å²) < 4.78 is 1.11. The van der Waals surface area contributed by atoms with Gasteiger partial charge < -0.3 is 11.1 Å². The van der Waals surface area contributed by atoms with E-state index < -0.39 is 0 Å². The van der Waals surface area contributed by atoms with Crippen LogP contribution >= 0.6 is 35.0 Å². The second kappa shape index (κ2) is 7.86. The van der Waals surface area contributed by atoms with Crippen molar-refractivity contribution in [1.29, 1.82) is 0 Å². The van der Waals surface area contributed by atoms with Gasteiger partial charge in [-0.05, 0) is 60.2 Å². The van der Waals surface area contributed by atoms with Gasteiger partial charge in [-0.2, -0.15) is 0 Å². The van der Waals surface area contributed by atoms with Gasteiger partial charge in [0, 0.05) is 15.7 Å². The molecule has 1 rings (SSSR count). The highest BCUT2D eigenvalue weighted by atomic mass is 127. The molecule has 0 aromatic heterocycles. The number of halogens is 2. The molecule has 0 unspecified atom stereocenters. The second-order valence-electron chi connectivity index (χ2n) is 3.31. The van der Waals surface area contributed by atoms with Crippen LogP contribution in [0.5, 0.6) is 0 Å². The van der Waals surface area contributed by atoms with Crippen LogP contribution in [0.1, 0.15) is 22.3 Å². The average molecular weight is 355 g/mol. The normalized spacial score (nSPS) is 9.44. The van der Waals surface area contributed by atoms with Gasteiger partial charge in [-0.15, -0.1) is 12.4 Å². The molecule has 1 aromatic rings. The first-order valence-corrected chi connectivity index (χ1v) is 5.98. The lowest BCUT2D eigenvalue weighted by Crippen LogP contribution is -2.26. The summed E-state index contributed by atoms with van der Waals surface area (Å²) in [4.78, 5) is 11.7. The van der Waals surface area contributed by atoms with Crippen molar-refractivity contribution in [1.82, 2.24) is 5.32 Å². The Morgan fingerprint density at radius 1 is 1.50 bits per heavy atom. The summed E-state index contributed by atoms with van der Waals surface area (Å²) in [6.45, 7) is 3.20. The average Bonchev–Trinajstić information content (AvgIpc) is 2.22. The van der Waals surface area contributed by atoms with Crippen molar-refractivity contribution in [2.45, 2.75) is 13.3 Å². The highest BCUT2D eigenvalue weighted by Gasteiger charge is 2.09. The van der Waals surface area contributed by atoms with Crippen LogP contribution in [0.4, 0.5) is 0 Å². The summed E-state index contributed by atoms with van der Waals surface area (Å²) in [6, 6.07) is 5.73. The molecule has 3 N–H and O–H groups in total. The van der Waals surface area contributed by atoms with E-state index in [2.05, 4.69) is 27.9 Å². The highest BCUT2D eigenvalue weighted by molar-refractivity contribution is 14.1. The fourth-order valence-corrected chi connectivity index (χ4v) is 1.75. The van der Waals surface area contributed by atoms with Crippen LogP contribution in [0.15, 0.2) is 18.2 Å². The predicted octanol–water partition coefficient (Wildman–Crippen LogP) is 2.10. The zero-order valence-corrected chi connectivity index (χ0v) is 12.1. The van der Waals surface area contributed by atoms with E-state index in [1.54, 1.807) is 0 Å². The first-order valence-electron chi connectivity index (χ1n) is 4.90. The molecule has 0 saturated heterocycles. The summed E-state index contributed by atoms with van der Waals surface area (Å²) in [5.74, 6) is -0.0144. The highest BCUT2D eigenvalue weighted by Crippen LogP contribution is 2.15. The number of nitrogens with one attached hydrogen (secondary N) is 1. The van der Waals surface area contributed by atoms with Crippen LogP contribution in [0.2, 0.25) is 0 Å². The number of benzene rings is 1. The smallest absolute Gasteiger partial charge is 0.251 e. The first kappa shape index (κ1) is 15.7. The van der Waals surface area contributed by atoms with Crippen molar-refractivity contribution < 1.29 is 4.79 Å². The van der Waals surface area contributed by atoms with Gasteiger partial charge >= 0.3 is 0 Å². The summed E-state index contributed by atoms with van der Waals surface area (Å²) >= 11 is 2.23. The molecule has 0 atom stereocenters. The third kappa shape index (κ3) is 4.27. The molecular weight excluding hydrogens is 338 g/mol. The number of carbonyl (C=O) groups is 1. The van der Waals surface area contributed by atoms with Gasteiger partial charge in [0.15, 0.2) is 0 Å². The molecule has 1 aromatic carbocycles. The molecule has 5 heteroatoms. The Labute approximate surface area is 116 Å². The molecular formula is C11H16ClIN2O. The summed E-state index contributed by atoms with van der Waals surface area (Å²) in [5.41, 5.74) is 7.13. The molecule has 0 spiro atoms. The monoisotopic (exact) mass is 354 g/mol. The zero-order chi connectivity index (χ0) is 11.3. The van der Waals surface area contributed by atoms with Gasteiger partial charge in [0.2, 0.25) is 0 Å². The SMILES string of the molecule is Cc1c(I)cccc1C(=O)NCCCN.Cl. The molecule has 0 saturated carbocycles. The largest absolute Gasteiger partial charge is 0.352 e. The maximum Gasteiger partial charge on any atom is 0.251 e. The molecule has 0 bridgehead atoms. The van der Waals surface area contributed by atoms with Gasteiger partial charge in [0.25, 0.3) is 5.91 Å². The van der Waals surface area contributed by atoms with Crippen LogP contribution in [0, 0.1) is 10.5 Å². The van der Waals surface area contributed by atoms with E-state index in [1.165, 1.54) is 0 Å². The number of carbonyl (C=O) groups excluding carboxylic acids is 1. The molecule has 0 aliphatic rings. The minimum absolute atomic E-state index is 0. The lowest BCUT2D eigenvalue weighted by atomic mass is 10.1. The van der Waals surface area contributed by atoms with E-state index in [1.807, 2.05) is 25.1 Å². The molecule has 0 radical (unpaired) electrons. The van der Waals surface area contributed by atoms with E-state index in [0.717, 1.165) is 21.1 Å². The number of amides is 1. The summed E-state index contributed by atoms with van der Waals surface area (Å²) in [5, 5.41) is 2.85. The zero-order valence-electron chi connectivity index (χ0n) is 9.13. The molecule has 0 aliphatic heterocycles. The fourth-order valence-electron chi connectivity index (χ4n) is 1.25. The number of rotatable bonds is 4. The Morgan fingerprint density at radius 3 is 2.81 bits per heavy atom. The van der Waals surface area contributed by atoms with Gasteiger partial charge in [0.1, 0.15) is 0 Å². The maximum absolute atomic E-state index is 11.7. The third-order valence-corrected chi connectivity index (χ3v) is 3.35. The topological polar surface area (TPSA) is 55.1 Å². The van der Waals surface area contributed by atoms with Crippen molar-refractivity contribution >= 4 is 40.9 Å². The predicted molar refractivity (Wildman–Crippen MR) is 77.1 cm³/mol. The van der Waals surface area contributed by atoms with Crippen molar-refractivity contribution in [3.63, 3.8) is 0 Å². The van der Waals surface area contributed by atoms with E-state index >= 15 is 0 Å². The van der Waals surface area contributed by atoms with Crippen LogP contribution in [0.25, 0.3) is 0 Å². The summed E-state index contributed by atoms with van der Waals surface area (Å²) in [7, 11) is 0. The Hall–Kier alpha value is -0.330. The third-order valence-electron chi connectivity index (χ3n) is 2.18. The molecule has 0 fully saturated rings. The Balaban J connectivity index is 0.00000225. The van der Waals surface area contributed by atoms with Crippen LogP contribution in [0.3, 0.4) is 0 Å². The van der Waals surface area contributed by atoms with Gasteiger partial charge in [0.05, 0.1) is 0 Å². The quantitative estimate of drug-likeness (QED) is 0.643. The Morgan fingerprint density at radius 2 is 2.19 bits per heavy atom. The fraction of sp³-hybridized carbons (Fsp3) is 0.364. The standard InChI is InChI=1S/C11H15IN2O.ClH/c1-8-9(4-2-5-10(8)12)11(15)14-7-3-6-13;/h2,4-5H,3,6-7,13H2,1H3,(H,14,15);1H. The van der Waals surface area contributed by atoms with Gasteiger partial charge in [-0.3, -0.25) is 4.79 Å². The number of nitrogens with two attached hydrogens (primary N) is 1. The minimum Gasteiger partial charge on any atom is -0.352 e.